The van der Waals surface area contributed by atoms with Crippen LogP contribution in [0.2, 0.25) is 0 Å². The lowest BCUT2D eigenvalue weighted by Gasteiger charge is -2.09. The quantitative estimate of drug-likeness (QED) is 0.868. The molecule has 1 fully saturated rings. The topological polar surface area (TPSA) is 62.2 Å². The minimum Gasteiger partial charge on any atom is -0.478 e. The monoisotopic (exact) mass is 252 g/mol. The number of anilines is 1. The Morgan fingerprint density at radius 3 is 2.39 bits per heavy atom. The lowest BCUT2D eigenvalue weighted by Crippen LogP contribution is -2.14. The summed E-state index contributed by atoms with van der Waals surface area (Å²) >= 11 is 0. The van der Waals surface area contributed by atoms with E-state index in [0.29, 0.717) is 0 Å². The Bertz CT molecular complexity index is 498. The highest BCUT2D eigenvalue weighted by Crippen LogP contribution is 2.63. The van der Waals surface area contributed by atoms with Crippen LogP contribution < -0.4 is 5.32 Å². The highest BCUT2D eigenvalue weighted by Gasteiger charge is 2.65. The third-order valence-electron chi connectivity index (χ3n) is 4.42. The van der Waals surface area contributed by atoms with Crippen molar-refractivity contribution in [2.75, 3.05) is 5.32 Å². The average molecular weight is 252 g/mol. The van der Waals surface area contributed by atoms with E-state index in [1.165, 1.54) is 6.20 Å². The molecule has 1 saturated carbocycles. The minimum atomic E-state index is -1.28. The van der Waals surface area contributed by atoms with Gasteiger partial charge in [0.1, 0.15) is 5.56 Å². The first-order valence-corrected chi connectivity index (χ1v) is 5.84. The maximum absolute atomic E-state index is 13.9. The Labute approximate surface area is 105 Å². The molecule has 2 N–H and O–H groups in total. The van der Waals surface area contributed by atoms with Gasteiger partial charge in [-0.1, -0.05) is 27.7 Å². The predicted octanol–water partition coefficient (Wildman–Crippen LogP) is 2.77. The van der Waals surface area contributed by atoms with Crippen molar-refractivity contribution < 1.29 is 14.3 Å². The number of hydrogen-bond acceptors (Lipinski definition) is 3. The number of nitrogens with zero attached hydrogens (tertiary/aromatic N) is 1. The zero-order valence-electron chi connectivity index (χ0n) is 10.9. The highest BCUT2D eigenvalue weighted by molar-refractivity contribution is 5.88. The third-order valence-corrected chi connectivity index (χ3v) is 4.42. The fourth-order valence-electron chi connectivity index (χ4n) is 2.40. The maximum Gasteiger partial charge on any atom is 0.338 e. The summed E-state index contributed by atoms with van der Waals surface area (Å²) < 4.78 is 13.9. The lowest BCUT2D eigenvalue weighted by molar-refractivity contribution is 0.0692. The summed E-state index contributed by atoms with van der Waals surface area (Å²) in [6, 6.07) is 1.24. The number of hydrogen-bond donors (Lipinski definition) is 2. The molecule has 0 atom stereocenters. The molecule has 1 aromatic rings. The van der Waals surface area contributed by atoms with Crippen LogP contribution in [-0.2, 0) is 0 Å². The fourth-order valence-corrected chi connectivity index (χ4v) is 2.40. The molecule has 1 aromatic heterocycles. The van der Waals surface area contributed by atoms with Crippen LogP contribution in [0.3, 0.4) is 0 Å². The van der Waals surface area contributed by atoms with Crippen molar-refractivity contribution in [3.63, 3.8) is 0 Å². The van der Waals surface area contributed by atoms with Crippen molar-refractivity contribution in [3.05, 3.63) is 23.6 Å². The molecule has 0 unspecified atom stereocenters. The smallest absolute Gasteiger partial charge is 0.338 e. The second kappa shape index (κ2) is 3.67. The van der Waals surface area contributed by atoms with E-state index in [2.05, 4.69) is 38.0 Å². The number of halogens is 1. The molecule has 0 bridgehead atoms. The van der Waals surface area contributed by atoms with Crippen LogP contribution in [-0.4, -0.2) is 22.1 Å². The van der Waals surface area contributed by atoms with Gasteiger partial charge < -0.3 is 10.4 Å². The summed E-state index contributed by atoms with van der Waals surface area (Å²) in [6.07, 6.45) is 1.30. The maximum atomic E-state index is 13.9. The molecule has 1 heterocycles. The predicted molar refractivity (Wildman–Crippen MR) is 66.1 cm³/mol. The summed E-state index contributed by atoms with van der Waals surface area (Å²) in [7, 11) is 0. The Morgan fingerprint density at radius 1 is 1.39 bits per heavy atom. The first-order valence-electron chi connectivity index (χ1n) is 5.84. The number of nitrogens with one attached hydrogen (secondary N) is 1. The largest absolute Gasteiger partial charge is 0.478 e. The molecule has 1 aliphatic carbocycles. The molecule has 0 radical (unpaired) electrons. The van der Waals surface area contributed by atoms with Gasteiger partial charge in [0, 0.05) is 12.2 Å². The lowest BCUT2D eigenvalue weighted by atomic mass is 10.0. The van der Waals surface area contributed by atoms with E-state index in [-0.39, 0.29) is 28.3 Å². The standard InChI is InChI=1S/C13H17FN2O2/c1-12(2)11(13(12,3)4)16-9-8(14)7(10(17)18)5-6-15-9/h5-6,11H,1-4H3,(H,15,16)(H,17,18). The molecule has 2 rings (SSSR count). The molecule has 5 heteroatoms. The molecule has 1 aliphatic rings. The van der Waals surface area contributed by atoms with E-state index in [1.54, 1.807) is 0 Å². The van der Waals surface area contributed by atoms with Crippen molar-refractivity contribution in [2.24, 2.45) is 10.8 Å². The average Bonchev–Trinajstić information content (AvgIpc) is 2.63. The summed E-state index contributed by atoms with van der Waals surface area (Å²) in [6.45, 7) is 8.35. The molecular formula is C13H17FN2O2. The summed E-state index contributed by atoms with van der Waals surface area (Å²) in [5, 5.41) is 11.9. The zero-order chi connectivity index (χ0) is 13.7. The van der Waals surface area contributed by atoms with Crippen LogP contribution >= 0.6 is 0 Å². The first kappa shape index (κ1) is 12.8. The van der Waals surface area contributed by atoms with Crippen molar-refractivity contribution in [1.82, 2.24) is 4.98 Å². The van der Waals surface area contributed by atoms with Gasteiger partial charge in [-0.2, -0.15) is 0 Å². The molecule has 98 valence electrons. The van der Waals surface area contributed by atoms with Gasteiger partial charge in [-0.05, 0) is 16.9 Å². The second-order valence-corrected chi connectivity index (χ2v) is 5.85. The second-order valence-electron chi connectivity index (χ2n) is 5.85. The molecule has 0 amide bonds. The normalized spacial score (nSPS) is 20.5. The van der Waals surface area contributed by atoms with E-state index in [9.17, 15) is 9.18 Å². The highest BCUT2D eigenvalue weighted by atomic mass is 19.1. The first-order chi connectivity index (χ1) is 8.19. The van der Waals surface area contributed by atoms with Gasteiger partial charge in [0.2, 0.25) is 0 Å². The van der Waals surface area contributed by atoms with Crippen LogP contribution in [0.15, 0.2) is 12.3 Å². The van der Waals surface area contributed by atoms with Crippen molar-refractivity contribution >= 4 is 11.8 Å². The van der Waals surface area contributed by atoms with Gasteiger partial charge in [-0.3, -0.25) is 0 Å². The van der Waals surface area contributed by atoms with Gasteiger partial charge >= 0.3 is 5.97 Å². The number of carboxylic acid groups (broad SMARTS) is 1. The van der Waals surface area contributed by atoms with Crippen molar-refractivity contribution in [3.8, 4) is 0 Å². The Hall–Kier alpha value is -1.65. The van der Waals surface area contributed by atoms with Gasteiger partial charge in [0.15, 0.2) is 11.6 Å². The number of aromatic nitrogens is 1. The van der Waals surface area contributed by atoms with E-state index < -0.39 is 11.8 Å². The summed E-state index contributed by atoms with van der Waals surface area (Å²) in [5.41, 5.74) is -0.301. The third kappa shape index (κ3) is 1.65. The molecule has 0 spiro atoms. The number of aromatic carboxylic acids is 1. The van der Waals surface area contributed by atoms with E-state index >= 15 is 0 Å². The Morgan fingerprint density at radius 2 is 1.94 bits per heavy atom. The molecule has 4 nitrogen and oxygen atoms in total. The Balaban J connectivity index is 2.27. The van der Waals surface area contributed by atoms with Crippen LogP contribution in [0.25, 0.3) is 0 Å². The van der Waals surface area contributed by atoms with Crippen LogP contribution in [0, 0.1) is 16.6 Å². The van der Waals surface area contributed by atoms with E-state index in [1.807, 2.05) is 0 Å². The summed E-state index contributed by atoms with van der Waals surface area (Å²) in [4.78, 5) is 14.7. The summed E-state index contributed by atoms with van der Waals surface area (Å²) in [5.74, 6) is -2.07. The zero-order valence-corrected chi connectivity index (χ0v) is 10.9. The van der Waals surface area contributed by atoms with Gasteiger partial charge in [0.05, 0.1) is 0 Å². The van der Waals surface area contributed by atoms with Gasteiger partial charge in [-0.25, -0.2) is 14.2 Å². The molecule has 18 heavy (non-hydrogen) atoms. The van der Waals surface area contributed by atoms with Crippen LogP contribution in [0.5, 0.6) is 0 Å². The molecular weight excluding hydrogens is 235 g/mol. The van der Waals surface area contributed by atoms with E-state index in [4.69, 9.17) is 5.11 Å². The van der Waals surface area contributed by atoms with Gasteiger partial charge in [-0.15, -0.1) is 0 Å². The number of carbonyl (C=O) groups is 1. The molecule has 0 aromatic carbocycles. The number of pyridine rings is 1. The number of carboxylic acids is 1. The van der Waals surface area contributed by atoms with E-state index in [0.717, 1.165) is 6.07 Å². The molecule has 0 aliphatic heterocycles. The van der Waals surface area contributed by atoms with Crippen LogP contribution in [0.4, 0.5) is 10.2 Å². The molecule has 0 saturated heterocycles. The van der Waals surface area contributed by atoms with Crippen LogP contribution in [0.1, 0.15) is 38.1 Å². The fraction of sp³-hybridized carbons (Fsp3) is 0.538. The van der Waals surface area contributed by atoms with Gasteiger partial charge in [0.25, 0.3) is 0 Å². The minimum absolute atomic E-state index is 0.0125. The SMILES string of the molecule is CC1(C)C(Nc2nccc(C(=O)O)c2F)C1(C)C. The van der Waals surface area contributed by atoms with Crippen molar-refractivity contribution in [2.45, 2.75) is 33.7 Å². The number of rotatable bonds is 3. The van der Waals surface area contributed by atoms with Crippen molar-refractivity contribution in [1.29, 1.82) is 0 Å². The Kier molecular flexibility index (Phi) is 2.61.